The maximum absolute atomic E-state index is 13.1. The van der Waals surface area contributed by atoms with Crippen LogP contribution in [0.4, 0.5) is 13.2 Å². The molecule has 5 rings (SSSR count). The molecule has 2 fully saturated rings. The quantitative estimate of drug-likeness (QED) is 0.555. The summed E-state index contributed by atoms with van der Waals surface area (Å²) in [6, 6.07) is 10.7. The van der Waals surface area contributed by atoms with Gasteiger partial charge in [0.1, 0.15) is 22.4 Å². The van der Waals surface area contributed by atoms with Gasteiger partial charge in [0.25, 0.3) is 5.91 Å². The fraction of sp³-hybridized carbons (Fsp3) is 0.417. The number of alkyl halides is 3. The predicted octanol–water partition coefficient (Wildman–Crippen LogP) is 2.79. The van der Waals surface area contributed by atoms with Crippen molar-refractivity contribution in [3.8, 4) is 5.75 Å². The Labute approximate surface area is 204 Å². The lowest BCUT2D eigenvalue weighted by Crippen LogP contribution is -2.44. The van der Waals surface area contributed by atoms with Crippen LogP contribution >= 0.6 is 0 Å². The number of hydrogen-bond donors (Lipinski definition) is 1. The zero-order valence-electron chi connectivity index (χ0n) is 19.4. The minimum atomic E-state index is -4.74. The lowest BCUT2D eigenvalue weighted by atomic mass is 9.95. The van der Waals surface area contributed by atoms with E-state index in [1.54, 1.807) is 35.1 Å². The third-order valence-electron chi connectivity index (χ3n) is 6.94. The molecule has 1 aromatic heterocycles. The Hall–Kier alpha value is -3.67. The minimum Gasteiger partial charge on any atom is -0.406 e. The Morgan fingerprint density at radius 2 is 1.75 bits per heavy atom. The van der Waals surface area contributed by atoms with Crippen LogP contribution in [-0.4, -0.2) is 82.3 Å². The second kappa shape index (κ2) is 9.08. The third-order valence-corrected chi connectivity index (χ3v) is 6.94. The van der Waals surface area contributed by atoms with Gasteiger partial charge in [-0.25, -0.2) is 0 Å². The van der Waals surface area contributed by atoms with Gasteiger partial charge in [0.15, 0.2) is 0 Å². The first-order chi connectivity index (χ1) is 17.2. The molecule has 190 valence electrons. The molecule has 12 heteroatoms. The molecule has 1 N–H and O–H groups in total. The summed E-state index contributed by atoms with van der Waals surface area (Å²) >= 11 is 0. The number of halogens is 3. The standard InChI is InChI=1S/C24H24F3N5O4/c1-35-23-13-31(21(33)9-4-15-2-6-18(7-3-15)36-24(25,26)27)11-17(23)12-32(14-23)22(34)16-5-8-19-20(10-16)29-30-28-19/h2-3,5-8,10,17H,4,9,11-14H2,1H3,(H,28,29,30). The number of aromatic nitrogens is 3. The predicted molar refractivity (Wildman–Crippen MR) is 121 cm³/mol. The summed E-state index contributed by atoms with van der Waals surface area (Å²) in [4.78, 5) is 29.5. The summed E-state index contributed by atoms with van der Waals surface area (Å²) < 4.78 is 46.7. The second-order valence-corrected chi connectivity index (χ2v) is 9.14. The van der Waals surface area contributed by atoms with Crippen LogP contribution in [0.3, 0.4) is 0 Å². The number of benzene rings is 2. The number of methoxy groups -OCH3 is 1. The van der Waals surface area contributed by atoms with Crippen molar-refractivity contribution in [2.75, 3.05) is 33.3 Å². The van der Waals surface area contributed by atoms with Crippen LogP contribution in [0.2, 0.25) is 0 Å². The maximum atomic E-state index is 13.1. The van der Waals surface area contributed by atoms with Crippen molar-refractivity contribution in [2.45, 2.75) is 24.8 Å². The highest BCUT2D eigenvalue weighted by atomic mass is 19.4. The Morgan fingerprint density at radius 1 is 1.06 bits per heavy atom. The van der Waals surface area contributed by atoms with E-state index in [2.05, 4.69) is 20.1 Å². The normalized spacial score (nSPS) is 21.7. The van der Waals surface area contributed by atoms with Crippen LogP contribution in [0.15, 0.2) is 42.5 Å². The highest BCUT2D eigenvalue weighted by Crippen LogP contribution is 2.38. The number of likely N-dealkylation sites (tertiary alicyclic amines) is 2. The number of aromatic amines is 1. The maximum Gasteiger partial charge on any atom is 0.573 e. The highest BCUT2D eigenvalue weighted by Gasteiger charge is 2.55. The van der Waals surface area contributed by atoms with Crippen LogP contribution in [0.25, 0.3) is 11.0 Å². The number of carbonyl (C=O) groups is 2. The van der Waals surface area contributed by atoms with Crippen molar-refractivity contribution in [3.05, 3.63) is 53.6 Å². The molecule has 2 amide bonds. The van der Waals surface area contributed by atoms with E-state index in [1.807, 2.05) is 0 Å². The smallest absolute Gasteiger partial charge is 0.406 e. The van der Waals surface area contributed by atoms with Gasteiger partial charge in [0.2, 0.25) is 5.91 Å². The van der Waals surface area contributed by atoms with Gasteiger partial charge in [-0.2, -0.15) is 15.4 Å². The van der Waals surface area contributed by atoms with E-state index >= 15 is 0 Å². The molecular weight excluding hydrogens is 479 g/mol. The minimum absolute atomic E-state index is 0.0232. The van der Waals surface area contributed by atoms with Crippen molar-refractivity contribution in [3.63, 3.8) is 0 Å². The van der Waals surface area contributed by atoms with Gasteiger partial charge in [-0.05, 0) is 42.3 Å². The summed E-state index contributed by atoms with van der Waals surface area (Å²) in [5, 5.41) is 10.6. The van der Waals surface area contributed by atoms with Gasteiger partial charge in [-0.15, -0.1) is 13.2 Å². The largest absolute Gasteiger partial charge is 0.573 e. The number of carbonyl (C=O) groups excluding carboxylic acids is 2. The van der Waals surface area contributed by atoms with Crippen LogP contribution < -0.4 is 4.74 Å². The van der Waals surface area contributed by atoms with Gasteiger partial charge in [-0.1, -0.05) is 12.1 Å². The molecule has 2 aromatic carbocycles. The molecule has 2 unspecified atom stereocenters. The van der Waals surface area contributed by atoms with Crippen molar-refractivity contribution < 1.29 is 32.2 Å². The number of H-pyrrole nitrogens is 1. The van der Waals surface area contributed by atoms with Crippen LogP contribution in [0.5, 0.6) is 5.75 Å². The Morgan fingerprint density at radius 3 is 2.44 bits per heavy atom. The van der Waals surface area contributed by atoms with Gasteiger partial charge in [0, 0.05) is 38.1 Å². The fourth-order valence-corrected chi connectivity index (χ4v) is 5.07. The van der Waals surface area contributed by atoms with Crippen molar-refractivity contribution in [1.29, 1.82) is 0 Å². The van der Waals surface area contributed by atoms with Crippen molar-refractivity contribution in [1.82, 2.24) is 25.2 Å². The fourth-order valence-electron chi connectivity index (χ4n) is 5.07. The average molecular weight is 503 g/mol. The Bertz CT molecular complexity index is 1280. The number of ether oxygens (including phenoxy) is 2. The molecule has 0 aliphatic carbocycles. The van der Waals surface area contributed by atoms with Crippen LogP contribution in [-0.2, 0) is 16.0 Å². The van der Waals surface area contributed by atoms with Crippen molar-refractivity contribution >= 4 is 22.8 Å². The Balaban J connectivity index is 1.18. The summed E-state index contributed by atoms with van der Waals surface area (Å²) in [6.45, 7) is 1.68. The topological polar surface area (TPSA) is 101 Å². The molecule has 3 aromatic rings. The van der Waals surface area contributed by atoms with Gasteiger partial charge < -0.3 is 19.3 Å². The first kappa shape index (κ1) is 24.0. The van der Waals surface area contributed by atoms with Gasteiger partial charge in [-0.3, -0.25) is 9.59 Å². The van der Waals surface area contributed by atoms with E-state index < -0.39 is 12.0 Å². The SMILES string of the molecule is COC12CN(C(=O)CCc3ccc(OC(F)(F)F)cc3)CC1CN(C(=O)c1ccc3n[nH]nc3c1)C2. The molecule has 0 saturated carbocycles. The van der Waals surface area contributed by atoms with Crippen LogP contribution in [0, 0.1) is 5.92 Å². The summed E-state index contributed by atoms with van der Waals surface area (Å²) in [6.07, 6.45) is -4.14. The molecule has 2 saturated heterocycles. The van der Waals surface area contributed by atoms with E-state index in [0.29, 0.717) is 49.2 Å². The van der Waals surface area contributed by atoms with E-state index in [-0.39, 0.29) is 29.9 Å². The molecule has 2 aliphatic rings. The number of hydrogen-bond acceptors (Lipinski definition) is 6. The number of amides is 2. The number of rotatable bonds is 6. The second-order valence-electron chi connectivity index (χ2n) is 9.14. The average Bonchev–Trinajstić information content (AvgIpc) is 3.54. The molecule has 2 aliphatic heterocycles. The molecule has 9 nitrogen and oxygen atoms in total. The highest BCUT2D eigenvalue weighted by molar-refractivity contribution is 5.97. The monoisotopic (exact) mass is 503 g/mol. The molecule has 3 heterocycles. The van der Waals surface area contributed by atoms with E-state index in [4.69, 9.17) is 4.74 Å². The van der Waals surface area contributed by atoms with Crippen molar-refractivity contribution in [2.24, 2.45) is 5.92 Å². The number of nitrogens with one attached hydrogen (secondary N) is 1. The number of nitrogens with zero attached hydrogens (tertiary/aromatic N) is 4. The first-order valence-corrected chi connectivity index (χ1v) is 11.4. The summed E-state index contributed by atoms with van der Waals surface area (Å²) in [5.41, 5.74) is 1.90. The molecule has 0 radical (unpaired) electrons. The number of fused-ring (bicyclic) bond motifs is 2. The van der Waals surface area contributed by atoms with E-state index in [9.17, 15) is 22.8 Å². The lowest BCUT2D eigenvalue weighted by Gasteiger charge is -2.28. The van der Waals surface area contributed by atoms with E-state index in [1.165, 1.54) is 24.3 Å². The molecule has 0 spiro atoms. The summed E-state index contributed by atoms with van der Waals surface area (Å²) in [7, 11) is 1.60. The van der Waals surface area contributed by atoms with Gasteiger partial charge >= 0.3 is 6.36 Å². The third kappa shape index (κ3) is 4.72. The van der Waals surface area contributed by atoms with Crippen LogP contribution in [0.1, 0.15) is 22.3 Å². The molecule has 2 atom stereocenters. The first-order valence-electron chi connectivity index (χ1n) is 11.4. The molecule has 36 heavy (non-hydrogen) atoms. The lowest BCUT2D eigenvalue weighted by molar-refractivity contribution is -0.274. The number of aryl methyl sites for hydroxylation is 1. The summed E-state index contributed by atoms with van der Waals surface area (Å²) in [5.74, 6) is -0.510. The Kier molecular flexibility index (Phi) is 6.07. The zero-order valence-corrected chi connectivity index (χ0v) is 19.4. The molecule has 0 bridgehead atoms. The molecular formula is C24H24F3N5O4. The van der Waals surface area contributed by atoms with Gasteiger partial charge in [0.05, 0.1) is 13.1 Å². The zero-order chi connectivity index (χ0) is 25.5. The van der Waals surface area contributed by atoms with E-state index in [0.717, 1.165) is 5.56 Å².